The quantitative estimate of drug-likeness (QED) is 0.734. The van der Waals surface area contributed by atoms with Crippen LogP contribution in [0.15, 0.2) is 0 Å². The van der Waals surface area contributed by atoms with Gasteiger partial charge >= 0.3 is 5.97 Å². The van der Waals surface area contributed by atoms with Gasteiger partial charge in [0.2, 0.25) is 0 Å². The molecule has 2 aliphatic rings. The zero-order valence-corrected chi connectivity index (χ0v) is 13.0. The molecule has 0 aromatic carbocycles. The molecule has 0 radical (unpaired) electrons. The predicted octanol–water partition coefficient (Wildman–Crippen LogP) is 2.23. The normalized spacial score (nSPS) is 25.9. The average molecular weight is 282 g/mol. The van der Waals surface area contributed by atoms with Crippen LogP contribution in [0, 0.1) is 5.92 Å². The van der Waals surface area contributed by atoms with Crippen LogP contribution in [0.1, 0.15) is 58.8 Å². The molecule has 2 atom stereocenters. The third kappa shape index (κ3) is 5.06. The Bertz CT molecular complexity index is 295. The Labute approximate surface area is 123 Å². The van der Waals surface area contributed by atoms with Gasteiger partial charge in [0.05, 0.1) is 0 Å². The van der Waals surface area contributed by atoms with Gasteiger partial charge in [-0.25, -0.2) is 0 Å². The number of hydrogen-bond donors (Lipinski definition) is 2. The number of ether oxygens (including phenoxy) is 1. The summed E-state index contributed by atoms with van der Waals surface area (Å²) in [5, 5.41) is 6.91. The molecule has 0 aromatic rings. The zero-order chi connectivity index (χ0) is 14.4. The summed E-state index contributed by atoms with van der Waals surface area (Å²) in [4.78, 5) is 12.4. The lowest BCUT2D eigenvalue weighted by atomic mass is 10.0. The largest absolute Gasteiger partial charge is 0.461 e. The van der Waals surface area contributed by atoms with Gasteiger partial charge in [-0.1, -0.05) is 13.8 Å². The standard InChI is InChI=1S/C16H30N2O2/c1-12(2)10-15(18-13-6-5-9-17-11-13)16(19)20-14-7-3-4-8-14/h12-15,17-18H,3-11H2,1-2H3. The maximum atomic E-state index is 12.4. The molecule has 1 heterocycles. The summed E-state index contributed by atoms with van der Waals surface area (Å²) in [6.45, 7) is 6.39. The van der Waals surface area contributed by atoms with Gasteiger partial charge in [-0.05, 0) is 57.4 Å². The lowest BCUT2D eigenvalue weighted by molar-refractivity contribution is -0.152. The smallest absolute Gasteiger partial charge is 0.323 e. The van der Waals surface area contributed by atoms with E-state index >= 15 is 0 Å². The third-order valence-corrected chi connectivity index (χ3v) is 4.31. The van der Waals surface area contributed by atoms with E-state index in [0.717, 1.165) is 38.8 Å². The minimum absolute atomic E-state index is 0.0313. The fourth-order valence-corrected chi connectivity index (χ4v) is 3.23. The van der Waals surface area contributed by atoms with Crippen LogP contribution in [0.3, 0.4) is 0 Å². The van der Waals surface area contributed by atoms with Gasteiger partial charge < -0.3 is 15.4 Å². The van der Waals surface area contributed by atoms with Crippen molar-refractivity contribution in [2.75, 3.05) is 13.1 Å². The van der Waals surface area contributed by atoms with Crippen LogP contribution in [0.25, 0.3) is 0 Å². The lowest BCUT2D eigenvalue weighted by Crippen LogP contribution is -2.51. The van der Waals surface area contributed by atoms with Crippen molar-refractivity contribution in [2.45, 2.75) is 77.0 Å². The van der Waals surface area contributed by atoms with Gasteiger partial charge in [-0.15, -0.1) is 0 Å². The van der Waals surface area contributed by atoms with Crippen molar-refractivity contribution in [3.8, 4) is 0 Å². The van der Waals surface area contributed by atoms with Gasteiger partial charge in [0.15, 0.2) is 0 Å². The summed E-state index contributed by atoms with van der Waals surface area (Å²) in [6, 6.07) is 0.268. The highest BCUT2D eigenvalue weighted by Gasteiger charge is 2.28. The highest BCUT2D eigenvalue weighted by molar-refractivity contribution is 5.76. The molecule has 2 fully saturated rings. The van der Waals surface area contributed by atoms with Crippen LogP contribution < -0.4 is 10.6 Å². The van der Waals surface area contributed by atoms with Crippen molar-refractivity contribution in [2.24, 2.45) is 5.92 Å². The van der Waals surface area contributed by atoms with Crippen LogP contribution in [0.5, 0.6) is 0 Å². The summed E-state index contributed by atoms with van der Waals surface area (Å²) in [7, 11) is 0. The van der Waals surface area contributed by atoms with Gasteiger partial charge in [-0.3, -0.25) is 4.79 Å². The van der Waals surface area contributed by atoms with Crippen molar-refractivity contribution >= 4 is 5.97 Å². The molecule has 0 spiro atoms. The van der Waals surface area contributed by atoms with Crippen molar-refractivity contribution in [3.63, 3.8) is 0 Å². The number of hydrogen-bond acceptors (Lipinski definition) is 4. The summed E-state index contributed by atoms with van der Waals surface area (Å²) < 4.78 is 5.69. The molecule has 4 heteroatoms. The fourth-order valence-electron chi connectivity index (χ4n) is 3.23. The van der Waals surface area contributed by atoms with E-state index in [9.17, 15) is 4.79 Å². The summed E-state index contributed by atoms with van der Waals surface area (Å²) in [5.74, 6) is 0.469. The number of piperidine rings is 1. The Hall–Kier alpha value is -0.610. The molecule has 1 saturated heterocycles. The number of carbonyl (C=O) groups excluding carboxylic acids is 1. The van der Waals surface area contributed by atoms with E-state index in [2.05, 4.69) is 24.5 Å². The first-order chi connectivity index (χ1) is 9.65. The molecule has 0 amide bonds. The molecule has 4 nitrogen and oxygen atoms in total. The third-order valence-electron chi connectivity index (χ3n) is 4.31. The molecule has 20 heavy (non-hydrogen) atoms. The van der Waals surface area contributed by atoms with Crippen LogP contribution in [0.4, 0.5) is 0 Å². The Morgan fingerprint density at radius 3 is 2.60 bits per heavy atom. The summed E-state index contributed by atoms with van der Waals surface area (Å²) >= 11 is 0. The molecule has 2 rings (SSSR count). The van der Waals surface area contributed by atoms with Crippen molar-refractivity contribution < 1.29 is 9.53 Å². The molecule has 0 aromatic heterocycles. The number of carbonyl (C=O) groups is 1. The van der Waals surface area contributed by atoms with Gasteiger partial charge in [0, 0.05) is 12.6 Å². The molecular formula is C16H30N2O2. The molecular weight excluding hydrogens is 252 g/mol. The van der Waals surface area contributed by atoms with E-state index in [0.29, 0.717) is 12.0 Å². The van der Waals surface area contributed by atoms with E-state index in [1.54, 1.807) is 0 Å². The second-order valence-electron chi connectivity index (χ2n) is 6.74. The maximum Gasteiger partial charge on any atom is 0.323 e. The predicted molar refractivity (Wildman–Crippen MR) is 80.6 cm³/mol. The first-order valence-electron chi connectivity index (χ1n) is 8.32. The average Bonchev–Trinajstić information content (AvgIpc) is 2.91. The molecule has 0 bridgehead atoms. The van der Waals surface area contributed by atoms with Crippen molar-refractivity contribution in [1.82, 2.24) is 10.6 Å². The van der Waals surface area contributed by atoms with E-state index in [-0.39, 0.29) is 18.1 Å². The Kier molecular flexibility index (Phi) is 6.30. The summed E-state index contributed by atoms with van der Waals surface area (Å²) in [6.07, 6.45) is 7.86. The molecule has 2 N–H and O–H groups in total. The Morgan fingerprint density at radius 1 is 1.25 bits per heavy atom. The van der Waals surface area contributed by atoms with Crippen molar-refractivity contribution in [3.05, 3.63) is 0 Å². The van der Waals surface area contributed by atoms with Crippen LogP contribution >= 0.6 is 0 Å². The second kappa shape index (κ2) is 7.99. The maximum absolute atomic E-state index is 12.4. The van der Waals surface area contributed by atoms with Crippen LogP contribution in [0.2, 0.25) is 0 Å². The first-order valence-corrected chi connectivity index (χ1v) is 8.32. The second-order valence-corrected chi connectivity index (χ2v) is 6.74. The Morgan fingerprint density at radius 2 is 2.00 bits per heavy atom. The lowest BCUT2D eigenvalue weighted by Gasteiger charge is -2.29. The van der Waals surface area contributed by atoms with Gasteiger partial charge in [-0.2, -0.15) is 0 Å². The zero-order valence-electron chi connectivity index (χ0n) is 13.0. The minimum Gasteiger partial charge on any atom is -0.461 e. The molecule has 116 valence electrons. The number of rotatable bonds is 6. The highest BCUT2D eigenvalue weighted by Crippen LogP contribution is 2.22. The molecule has 1 aliphatic heterocycles. The highest BCUT2D eigenvalue weighted by atomic mass is 16.5. The topological polar surface area (TPSA) is 50.4 Å². The number of esters is 1. The Balaban J connectivity index is 1.85. The van der Waals surface area contributed by atoms with E-state index in [1.165, 1.54) is 19.3 Å². The number of nitrogens with one attached hydrogen (secondary N) is 2. The molecule has 1 aliphatic carbocycles. The van der Waals surface area contributed by atoms with Crippen molar-refractivity contribution in [1.29, 1.82) is 0 Å². The van der Waals surface area contributed by atoms with Gasteiger partial charge in [0.25, 0.3) is 0 Å². The fraction of sp³-hybridized carbons (Fsp3) is 0.938. The SMILES string of the molecule is CC(C)CC(NC1CCCNC1)C(=O)OC1CCCC1. The minimum atomic E-state index is -0.138. The molecule has 2 unspecified atom stereocenters. The van der Waals surface area contributed by atoms with E-state index in [1.807, 2.05) is 0 Å². The first kappa shape index (κ1) is 15.8. The summed E-state index contributed by atoms with van der Waals surface area (Å²) in [5.41, 5.74) is 0. The van der Waals surface area contributed by atoms with Gasteiger partial charge in [0.1, 0.15) is 12.1 Å². The van der Waals surface area contributed by atoms with E-state index in [4.69, 9.17) is 4.74 Å². The van der Waals surface area contributed by atoms with E-state index < -0.39 is 0 Å². The monoisotopic (exact) mass is 282 g/mol. The molecule has 1 saturated carbocycles. The van der Waals surface area contributed by atoms with Crippen LogP contribution in [-0.4, -0.2) is 37.2 Å². The van der Waals surface area contributed by atoms with Crippen LogP contribution in [-0.2, 0) is 9.53 Å².